The van der Waals surface area contributed by atoms with Crippen LogP contribution in [-0.2, 0) is 4.74 Å². The zero-order valence-electron chi connectivity index (χ0n) is 16.9. The minimum atomic E-state index is 0. The quantitative estimate of drug-likeness (QED) is 0.366. The third kappa shape index (κ3) is 6.63. The van der Waals surface area contributed by atoms with Gasteiger partial charge in [0, 0.05) is 39.2 Å². The van der Waals surface area contributed by atoms with Crippen molar-refractivity contribution in [2.75, 3.05) is 39.9 Å². The molecule has 5 heteroatoms. The molecule has 1 unspecified atom stereocenters. The Balaban J connectivity index is 0.00000261. The molecule has 0 bridgehead atoms. The highest BCUT2D eigenvalue weighted by molar-refractivity contribution is 14.0. The fraction of sp³-hybridized carbons (Fsp3) is 0.682. The van der Waals surface area contributed by atoms with Gasteiger partial charge in [0.15, 0.2) is 5.96 Å². The largest absolute Gasteiger partial charge is 0.381 e. The maximum atomic E-state index is 5.59. The molecule has 152 valence electrons. The Hall–Kier alpha value is -0.820. The number of hydrogen-bond acceptors (Lipinski definition) is 2. The highest BCUT2D eigenvalue weighted by Crippen LogP contribution is 2.35. The lowest BCUT2D eigenvalue weighted by Crippen LogP contribution is -2.42. The lowest BCUT2D eigenvalue weighted by molar-refractivity contribution is 0.114. The Labute approximate surface area is 182 Å². The van der Waals surface area contributed by atoms with E-state index in [0.717, 1.165) is 50.6 Å². The number of hydrogen-bond donors (Lipinski definition) is 1. The minimum Gasteiger partial charge on any atom is -0.381 e. The molecule has 2 fully saturated rings. The van der Waals surface area contributed by atoms with Crippen molar-refractivity contribution in [3.63, 3.8) is 0 Å². The minimum absolute atomic E-state index is 0. The van der Waals surface area contributed by atoms with Gasteiger partial charge in [-0.3, -0.25) is 4.99 Å². The number of aliphatic imine (C=N–C) groups is 1. The summed E-state index contributed by atoms with van der Waals surface area (Å²) >= 11 is 0. The number of nitrogens with zero attached hydrogens (tertiary/aromatic N) is 2. The van der Waals surface area contributed by atoms with E-state index >= 15 is 0 Å². The number of likely N-dealkylation sites (tertiary alicyclic amines) is 1. The van der Waals surface area contributed by atoms with Gasteiger partial charge in [-0.2, -0.15) is 0 Å². The van der Waals surface area contributed by atoms with Gasteiger partial charge < -0.3 is 15.0 Å². The SMILES string of the molecule is CCOCC1CCN(C(=NC)NCC2CCC(c3ccccc3)CC2)C1.I. The number of benzene rings is 1. The molecule has 1 N–H and O–H groups in total. The zero-order chi connectivity index (χ0) is 18.2. The Bertz CT molecular complexity index is 558. The van der Waals surface area contributed by atoms with Crippen LogP contribution in [0, 0.1) is 11.8 Å². The third-order valence-corrected chi connectivity index (χ3v) is 6.02. The molecule has 1 aliphatic heterocycles. The summed E-state index contributed by atoms with van der Waals surface area (Å²) in [6.07, 6.45) is 6.47. The summed E-state index contributed by atoms with van der Waals surface area (Å²) in [7, 11) is 1.91. The number of ether oxygens (including phenoxy) is 1. The van der Waals surface area contributed by atoms with E-state index in [1.165, 1.54) is 37.7 Å². The van der Waals surface area contributed by atoms with Crippen molar-refractivity contribution in [1.82, 2.24) is 10.2 Å². The molecular formula is C22H36IN3O. The summed E-state index contributed by atoms with van der Waals surface area (Å²) in [4.78, 5) is 6.92. The highest BCUT2D eigenvalue weighted by atomic mass is 127. The topological polar surface area (TPSA) is 36.9 Å². The standard InChI is InChI=1S/C22H35N3O.HI/c1-3-26-17-19-13-14-25(16-19)22(23-2)24-15-18-9-11-21(12-10-18)20-7-5-4-6-8-20;/h4-8,18-19,21H,3,9-17H2,1-2H3,(H,23,24);1H. The molecule has 27 heavy (non-hydrogen) atoms. The molecule has 0 aromatic heterocycles. The van der Waals surface area contributed by atoms with Gasteiger partial charge in [0.05, 0.1) is 6.61 Å². The first-order valence-electron chi connectivity index (χ1n) is 10.4. The van der Waals surface area contributed by atoms with Crippen LogP contribution >= 0.6 is 24.0 Å². The van der Waals surface area contributed by atoms with E-state index in [9.17, 15) is 0 Å². The number of guanidine groups is 1. The van der Waals surface area contributed by atoms with E-state index in [1.807, 2.05) is 7.05 Å². The Morgan fingerprint density at radius 2 is 1.85 bits per heavy atom. The fourth-order valence-corrected chi connectivity index (χ4v) is 4.44. The van der Waals surface area contributed by atoms with Gasteiger partial charge in [-0.1, -0.05) is 30.3 Å². The van der Waals surface area contributed by atoms with Crippen LogP contribution in [0.15, 0.2) is 35.3 Å². The zero-order valence-corrected chi connectivity index (χ0v) is 19.2. The molecule has 0 amide bonds. The van der Waals surface area contributed by atoms with Crippen molar-refractivity contribution in [3.05, 3.63) is 35.9 Å². The number of nitrogens with one attached hydrogen (secondary N) is 1. The van der Waals surface area contributed by atoms with Crippen molar-refractivity contribution in [1.29, 1.82) is 0 Å². The Morgan fingerprint density at radius 3 is 2.52 bits per heavy atom. The molecule has 0 spiro atoms. The van der Waals surface area contributed by atoms with E-state index in [4.69, 9.17) is 4.74 Å². The molecule has 1 atom stereocenters. The van der Waals surface area contributed by atoms with Crippen molar-refractivity contribution >= 4 is 29.9 Å². The van der Waals surface area contributed by atoms with Crippen LogP contribution in [0.3, 0.4) is 0 Å². The molecule has 0 radical (unpaired) electrons. The second-order valence-electron chi connectivity index (χ2n) is 7.82. The molecule has 1 heterocycles. The second-order valence-corrected chi connectivity index (χ2v) is 7.82. The molecular weight excluding hydrogens is 449 g/mol. The Kier molecular flexibility index (Phi) is 9.90. The summed E-state index contributed by atoms with van der Waals surface area (Å²) in [5.41, 5.74) is 1.52. The maximum absolute atomic E-state index is 5.59. The first-order chi connectivity index (χ1) is 12.8. The summed E-state index contributed by atoms with van der Waals surface area (Å²) in [6, 6.07) is 11.0. The normalized spacial score (nSPS) is 25.9. The van der Waals surface area contributed by atoms with Gasteiger partial charge in [0.25, 0.3) is 0 Å². The van der Waals surface area contributed by atoms with Gasteiger partial charge in [0.2, 0.25) is 0 Å². The molecule has 1 saturated heterocycles. The summed E-state index contributed by atoms with van der Waals surface area (Å²) < 4.78 is 5.59. The molecule has 1 aromatic carbocycles. The Morgan fingerprint density at radius 1 is 1.11 bits per heavy atom. The molecule has 3 rings (SSSR count). The summed E-state index contributed by atoms with van der Waals surface area (Å²) in [5, 5.41) is 3.65. The highest BCUT2D eigenvalue weighted by Gasteiger charge is 2.26. The second kappa shape index (κ2) is 11.9. The van der Waals surface area contributed by atoms with E-state index in [-0.39, 0.29) is 24.0 Å². The third-order valence-electron chi connectivity index (χ3n) is 6.02. The fourth-order valence-electron chi connectivity index (χ4n) is 4.44. The first-order valence-corrected chi connectivity index (χ1v) is 10.4. The predicted octanol–water partition coefficient (Wildman–Crippen LogP) is 4.51. The van der Waals surface area contributed by atoms with E-state index in [2.05, 4.69) is 52.5 Å². The van der Waals surface area contributed by atoms with Crippen molar-refractivity contribution in [2.24, 2.45) is 16.8 Å². The van der Waals surface area contributed by atoms with Crippen molar-refractivity contribution in [2.45, 2.75) is 44.9 Å². The van der Waals surface area contributed by atoms with Crippen molar-refractivity contribution in [3.8, 4) is 0 Å². The van der Waals surface area contributed by atoms with Gasteiger partial charge in [0.1, 0.15) is 0 Å². The molecule has 1 aliphatic carbocycles. The molecule has 1 saturated carbocycles. The first kappa shape index (κ1) is 22.5. The van der Waals surface area contributed by atoms with Crippen LogP contribution in [0.1, 0.15) is 50.5 Å². The van der Waals surface area contributed by atoms with Crippen LogP contribution in [0.4, 0.5) is 0 Å². The number of rotatable bonds is 6. The summed E-state index contributed by atoms with van der Waals surface area (Å²) in [5.74, 6) is 3.25. The van der Waals surface area contributed by atoms with Crippen molar-refractivity contribution < 1.29 is 4.74 Å². The van der Waals surface area contributed by atoms with Crippen LogP contribution in [-0.4, -0.2) is 50.8 Å². The predicted molar refractivity (Wildman–Crippen MR) is 124 cm³/mol. The van der Waals surface area contributed by atoms with Crippen LogP contribution in [0.25, 0.3) is 0 Å². The lowest BCUT2D eigenvalue weighted by atomic mass is 9.79. The van der Waals surface area contributed by atoms with Gasteiger partial charge in [-0.05, 0) is 56.4 Å². The van der Waals surface area contributed by atoms with E-state index < -0.39 is 0 Å². The van der Waals surface area contributed by atoms with E-state index in [0.29, 0.717) is 5.92 Å². The summed E-state index contributed by atoms with van der Waals surface area (Å²) in [6.45, 7) is 6.99. The van der Waals surface area contributed by atoms with Crippen LogP contribution in [0.2, 0.25) is 0 Å². The molecule has 1 aromatic rings. The van der Waals surface area contributed by atoms with Crippen LogP contribution in [0.5, 0.6) is 0 Å². The average molecular weight is 485 g/mol. The van der Waals surface area contributed by atoms with Gasteiger partial charge in [-0.15, -0.1) is 24.0 Å². The lowest BCUT2D eigenvalue weighted by Gasteiger charge is -2.30. The molecule has 4 nitrogen and oxygen atoms in total. The number of halogens is 1. The van der Waals surface area contributed by atoms with Crippen LogP contribution < -0.4 is 5.32 Å². The monoisotopic (exact) mass is 485 g/mol. The average Bonchev–Trinajstić information content (AvgIpc) is 3.17. The van der Waals surface area contributed by atoms with Gasteiger partial charge >= 0.3 is 0 Å². The molecule has 2 aliphatic rings. The van der Waals surface area contributed by atoms with Gasteiger partial charge in [-0.25, -0.2) is 0 Å². The van der Waals surface area contributed by atoms with E-state index in [1.54, 1.807) is 0 Å². The smallest absolute Gasteiger partial charge is 0.193 e. The maximum Gasteiger partial charge on any atom is 0.193 e.